The number of nitrogens with zero attached hydrogens (tertiary/aromatic N) is 4. The van der Waals surface area contributed by atoms with Gasteiger partial charge in [0.25, 0.3) is 0 Å². The molecule has 0 aliphatic heterocycles. The second kappa shape index (κ2) is 8.70. The second-order valence-corrected chi connectivity index (χ2v) is 6.23. The summed E-state index contributed by atoms with van der Waals surface area (Å²) in [6.45, 7) is 0.882. The minimum atomic E-state index is 0. The molecule has 2 aromatic carbocycles. The maximum absolute atomic E-state index is 4.29. The minimum Gasteiger partial charge on any atom is -1.00 e. The lowest BCUT2D eigenvalue weighted by molar-refractivity contribution is -0.654. The second-order valence-electron chi connectivity index (χ2n) is 5.35. The summed E-state index contributed by atoms with van der Waals surface area (Å²) in [6.07, 6.45) is 1.97. The lowest BCUT2D eigenvalue weighted by Crippen LogP contribution is -3.00. The minimum absolute atomic E-state index is 0. The predicted octanol–water partition coefficient (Wildman–Crippen LogP) is 1.63. The summed E-state index contributed by atoms with van der Waals surface area (Å²) in [5, 5.41) is 11.4. The van der Waals surface area contributed by atoms with Gasteiger partial charge < -0.3 is 21.9 Å². The fourth-order valence-electron chi connectivity index (χ4n) is 2.25. The summed E-state index contributed by atoms with van der Waals surface area (Å²) in [6, 6.07) is 18.6. The molecule has 0 N–H and O–H groups in total. The Balaban J connectivity index is 0.00000208. The van der Waals surface area contributed by atoms with Crippen LogP contribution in [0, 0.1) is 0 Å². The summed E-state index contributed by atoms with van der Waals surface area (Å²) >= 11 is 1.57. The van der Waals surface area contributed by atoms with E-state index in [4.69, 9.17) is 0 Å². The Hall–Kier alpha value is -2.05. The van der Waals surface area contributed by atoms with Crippen LogP contribution in [0.2, 0.25) is 0 Å². The van der Waals surface area contributed by atoms with Crippen molar-refractivity contribution in [1.82, 2.24) is 0 Å². The number of halogens is 1. The van der Waals surface area contributed by atoms with Crippen LogP contribution in [0.1, 0.15) is 5.56 Å². The molecule has 4 nitrogen and oxygen atoms in total. The van der Waals surface area contributed by atoms with Crippen LogP contribution < -0.4 is 26.4 Å². The third-order valence-corrected chi connectivity index (χ3v) is 4.40. The molecule has 0 bridgehead atoms. The first-order valence-corrected chi connectivity index (χ1v) is 8.30. The van der Waals surface area contributed by atoms with Crippen LogP contribution in [0.25, 0.3) is 0 Å². The zero-order valence-corrected chi connectivity index (χ0v) is 16.0. The van der Waals surface area contributed by atoms with Gasteiger partial charge >= 0.3 is 5.13 Å². The molecule has 0 fully saturated rings. The van der Waals surface area contributed by atoms with E-state index in [1.165, 1.54) is 5.56 Å². The molecule has 0 aliphatic rings. The number of hydrogen-bond acceptors (Lipinski definition) is 4. The molecule has 3 aromatic rings. The number of benzene rings is 2. The van der Waals surface area contributed by atoms with E-state index in [2.05, 4.69) is 58.6 Å². The van der Waals surface area contributed by atoms with Crippen LogP contribution in [-0.2, 0) is 13.6 Å². The first kappa shape index (κ1) is 18.3. The molecular formula is C18H19BrN4S. The van der Waals surface area contributed by atoms with Crippen molar-refractivity contribution < 1.29 is 21.5 Å². The van der Waals surface area contributed by atoms with Gasteiger partial charge in [0.1, 0.15) is 11.9 Å². The summed E-state index contributed by atoms with van der Waals surface area (Å²) in [5.74, 6) is 0. The molecule has 0 saturated carbocycles. The maximum atomic E-state index is 4.29. The molecule has 1 aromatic heterocycles. The molecule has 124 valence electrons. The van der Waals surface area contributed by atoms with E-state index in [1.54, 1.807) is 11.3 Å². The average molecular weight is 403 g/mol. The number of aromatic nitrogens is 1. The highest BCUT2D eigenvalue weighted by Gasteiger charge is 2.07. The van der Waals surface area contributed by atoms with Crippen molar-refractivity contribution in [2.24, 2.45) is 17.3 Å². The molecule has 0 aliphatic carbocycles. The first-order valence-electron chi connectivity index (χ1n) is 7.42. The topological polar surface area (TPSA) is 31.8 Å². The molecule has 0 unspecified atom stereocenters. The number of thiazole rings is 1. The van der Waals surface area contributed by atoms with E-state index >= 15 is 0 Å². The van der Waals surface area contributed by atoms with Crippen LogP contribution >= 0.6 is 11.3 Å². The van der Waals surface area contributed by atoms with Crippen LogP contribution in [-0.4, -0.2) is 7.05 Å². The normalized spacial score (nSPS) is 10.6. The molecule has 24 heavy (non-hydrogen) atoms. The molecular weight excluding hydrogens is 384 g/mol. The van der Waals surface area contributed by atoms with Crippen LogP contribution in [0.15, 0.2) is 76.4 Å². The summed E-state index contributed by atoms with van der Waals surface area (Å²) in [7, 11) is 4.06. The molecule has 0 atom stereocenters. The van der Waals surface area contributed by atoms with Gasteiger partial charge in [-0.15, -0.1) is 0 Å². The van der Waals surface area contributed by atoms with E-state index in [9.17, 15) is 0 Å². The Kier molecular flexibility index (Phi) is 6.63. The molecule has 1 heterocycles. The standard InChI is InChI=1S/C18H19N4S.BrH/c1-21-12-13-23-18(21)20-19-16-8-10-17(11-9-16)22(2)14-15-6-4-3-5-7-15;/h3-13H,14H2,1-2H3;1H/q+1;/p-1. The van der Waals surface area contributed by atoms with Crippen molar-refractivity contribution in [2.45, 2.75) is 6.54 Å². The molecule has 0 amide bonds. The third-order valence-electron chi connectivity index (χ3n) is 3.56. The summed E-state index contributed by atoms with van der Waals surface area (Å²) in [5.41, 5.74) is 3.31. The molecule has 0 radical (unpaired) electrons. The Bertz CT molecular complexity index is 784. The SMILES string of the molecule is CN(Cc1ccccc1)c1ccc(/N=N/c2scc[n+]2C)cc1.[Br-]. The molecule has 6 heteroatoms. The Morgan fingerprint density at radius 3 is 2.33 bits per heavy atom. The van der Waals surface area contributed by atoms with E-state index in [0.29, 0.717) is 0 Å². The van der Waals surface area contributed by atoms with Crippen molar-refractivity contribution in [2.75, 3.05) is 11.9 Å². The molecule has 3 rings (SSSR count). The summed E-state index contributed by atoms with van der Waals surface area (Å²) in [4.78, 5) is 2.22. The van der Waals surface area contributed by atoms with E-state index in [0.717, 1.165) is 23.1 Å². The summed E-state index contributed by atoms with van der Waals surface area (Å²) < 4.78 is 1.95. The monoisotopic (exact) mass is 402 g/mol. The number of hydrogen-bond donors (Lipinski definition) is 0. The van der Waals surface area contributed by atoms with Gasteiger partial charge in [0.2, 0.25) is 0 Å². The smallest absolute Gasteiger partial charge is 0.408 e. The van der Waals surface area contributed by atoms with Gasteiger partial charge in [0, 0.05) is 24.7 Å². The van der Waals surface area contributed by atoms with Gasteiger partial charge in [0.05, 0.1) is 12.2 Å². The lowest BCUT2D eigenvalue weighted by atomic mass is 10.2. The first-order chi connectivity index (χ1) is 11.2. The van der Waals surface area contributed by atoms with Gasteiger partial charge in [-0.3, -0.25) is 0 Å². The van der Waals surface area contributed by atoms with Gasteiger partial charge in [-0.2, -0.15) is 0 Å². The Labute approximate surface area is 156 Å². The fraction of sp³-hybridized carbons (Fsp3) is 0.167. The number of rotatable bonds is 5. The number of azo groups is 1. The molecule has 0 spiro atoms. The van der Waals surface area contributed by atoms with Crippen LogP contribution in [0.3, 0.4) is 0 Å². The largest absolute Gasteiger partial charge is 1.00 e. The quantitative estimate of drug-likeness (QED) is 0.471. The predicted molar refractivity (Wildman–Crippen MR) is 94.7 cm³/mol. The van der Waals surface area contributed by atoms with E-state index < -0.39 is 0 Å². The van der Waals surface area contributed by atoms with Gasteiger partial charge in [-0.25, -0.2) is 4.57 Å². The van der Waals surface area contributed by atoms with Crippen molar-refractivity contribution in [3.63, 3.8) is 0 Å². The van der Waals surface area contributed by atoms with E-state index in [1.807, 2.05) is 41.4 Å². The Morgan fingerprint density at radius 1 is 1.00 bits per heavy atom. The van der Waals surface area contributed by atoms with Gasteiger partial charge in [0.15, 0.2) is 0 Å². The average Bonchev–Trinajstić information content (AvgIpc) is 2.99. The third kappa shape index (κ3) is 4.72. The van der Waals surface area contributed by atoms with Gasteiger partial charge in [-0.05, 0) is 46.3 Å². The van der Waals surface area contributed by atoms with Gasteiger partial charge in [-0.1, -0.05) is 30.3 Å². The number of aryl methyl sites for hydroxylation is 1. The lowest BCUT2D eigenvalue weighted by Gasteiger charge is -2.19. The molecule has 0 saturated heterocycles. The highest BCUT2D eigenvalue weighted by Crippen LogP contribution is 2.22. The zero-order chi connectivity index (χ0) is 16.1. The van der Waals surface area contributed by atoms with Crippen LogP contribution in [0.5, 0.6) is 0 Å². The zero-order valence-electron chi connectivity index (χ0n) is 13.6. The van der Waals surface area contributed by atoms with Crippen molar-refractivity contribution in [3.8, 4) is 0 Å². The fourth-order valence-corrected chi connectivity index (χ4v) is 2.93. The van der Waals surface area contributed by atoms with Crippen molar-refractivity contribution in [1.29, 1.82) is 0 Å². The van der Waals surface area contributed by atoms with E-state index in [-0.39, 0.29) is 17.0 Å². The van der Waals surface area contributed by atoms with Crippen molar-refractivity contribution >= 4 is 27.8 Å². The highest BCUT2D eigenvalue weighted by molar-refractivity contribution is 7.12. The highest BCUT2D eigenvalue weighted by atomic mass is 79.9. The maximum Gasteiger partial charge on any atom is 0.408 e. The number of anilines is 1. The van der Waals surface area contributed by atoms with Crippen molar-refractivity contribution in [3.05, 3.63) is 71.7 Å². The van der Waals surface area contributed by atoms with Crippen LogP contribution in [0.4, 0.5) is 16.5 Å². The Morgan fingerprint density at radius 2 is 1.71 bits per heavy atom.